The molecule has 23 heavy (non-hydrogen) atoms. The average Bonchev–Trinajstić information content (AvgIpc) is 3.10. The first-order chi connectivity index (χ1) is 11.2. The standard InChI is InChI=1S/C17H17FN4O/c18-13-4-1-3-12(7-13)16-8-15(23)11-22(16)10-14-9-21-6-2-5-19-17(21)20-14/h1-7,9,15-16,23H,8,10-11H2/t15-,16+/m1/s1. The van der Waals surface area contributed by atoms with E-state index in [0.717, 1.165) is 11.3 Å². The predicted molar refractivity (Wildman–Crippen MR) is 83.2 cm³/mol. The van der Waals surface area contributed by atoms with Gasteiger partial charge in [-0.1, -0.05) is 12.1 Å². The number of halogens is 1. The number of β-amino-alcohol motifs (C(OH)–C–C–N with tert-alkyl or cyclic N) is 1. The van der Waals surface area contributed by atoms with Gasteiger partial charge in [0.1, 0.15) is 5.82 Å². The van der Waals surface area contributed by atoms with Crippen LogP contribution in [0, 0.1) is 5.82 Å². The molecule has 1 aliphatic rings. The summed E-state index contributed by atoms with van der Waals surface area (Å²) in [5.74, 6) is 0.408. The molecule has 3 heterocycles. The summed E-state index contributed by atoms with van der Waals surface area (Å²) in [5.41, 5.74) is 1.78. The smallest absolute Gasteiger partial charge is 0.233 e. The SMILES string of the molecule is O[C@@H]1C[C@@H](c2cccc(F)c2)N(Cc2cn3cccnc3n2)C1. The summed E-state index contributed by atoms with van der Waals surface area (Å²) in [5, 5.41) is 10.0. The number of benzene rings is 1. The summed E-state index contributed by atoms with van der Waals surface area (Å²) in [6.45, 7) is 1.16. The highest BCUT2D eigenvalue weighted by Gasteiger charge is 2.32. The van der Waals surface area contributed by atoms with Gasteiger partial charge in [0, 0.05) is 37.7 Å². The Kier molecular flexibility index (Phi) is 3.55. The van der Waals surface area contributed by atoms with Crippen LogP contribution in [0.2, 0.25) is 0 Å². The van der Waals surface area contributed by atoms with Crippen molar-refractivity contribution in [2.24, 2.45) is 0 Å². The van der Waals surface area contributed by atoms with E-state index in [1.807, 2.05) is 28.9 Å². The zero-order chi connectivity index (χ0) is 15.8. The Bertz CT molecular complexity index is 801. The van der Waals surface area contributed by atoms with Crippen LogP contribution in [0.3, 0.4) is 0 Å². The third kappa shape index (κ3) is 2.83. The van der Waals surface area contributed by atoms with Crippen LogP contribution in [0.5, 0.6) is 0 Å². The highest BCUT2D eigenvalue weighted by molar-refractivity contribution is 5.30. The van der Waals surface area contributed by atoms with Crippen LogP contribution in [0.15, 0.2) is 48.9 Å². The molecule has 118 valence electrons. The Labute approximate surface area is 133 Å². The van der Waals surface area contributed by atoms with Crippen molar-refractivity contribution >= 4 is 5.78 Å². The molecule has 2 atom stereocenters. The van der Waals surface area contributed by atoms with Crippen LogP contribution < -0.4 is 0 Å². The third-order valence-electron chi connectivity index (χ3n) is 4.27. The number of aliphatic hydroxyl groups excluding tert-OH is 1. The van der Waals surface area contributed by atoms with E-state index in [-0.39, 0.29) is 11.9 Å². The Morgan fingerprint density at radius 3 is 3.04 bits per heavy atom. The monoisotopic (exact) mass is 312 g/mol. The van der Waals surface area contributed by atoms with Crippen LogP contribution in [0.4, 0.5) is 4.39 Å². The van der Waals surface area contributed by atoms with Gasteiger partial charge in [-0.2, -0.15) is 0 Å². The number of hydrogen-bond donors (Lipinski definition) is 1. The molecule has 6 heteroatoms. The van der Waals surface area contributed by atoms with Crippen molar-refractivity contribution in [3.8, 4) is 0 Å². The number of nitrogens with zero attached hydrogens (tertiary/aromatic N) is 4. The van der Waals surface area contributed by atoms with Gasteiger partial charge >= 0.3 is 0 Å². The lowest BCUT2D eigenvalue weighted by atomic mass is 10.0. The van der Waals surface area contributed by atoms with Crippen molar-refractivity contribution in [1.29, 1.82) is 0 Å². The maximum absolute atomic E-state index is 13.5. The van der Waals surface area contributed by atoms with E-state index in [1.165, 1.54) is 6.07 Å². The van der Waals surface area contributed by atoms with Crippen LogP contribution >= 0.6 is 0 Å². The molecule has 0 spiro atoms. The number of aromatic nitrogens is 3. The summed E-state index contributed by atoms with van der Waals surface area (Å²) in [6.07, 6.45) is 5.76. The van der Waals surface area contributed by atoms with Crippen LogP contribution in [-0.4, -0.2) is 37.0 Å². The molecular weight excluding hydrogens is 295 g/mol. The first-order valence-corrected chi connectivity index (χ1v) is 7.65. The highest BCUT2D eigenvalue weighted by atomic mass is 19.1. The molecule has 5 nitrogen and oxygen atoms in total. The number of fused-ring (bicyclic) bond motifs is 1. The minimum atomic E-state index is -0.404. The second-order valence-corrected chi connectivity index (χ2v) is 5.95. The van der Waals surface area contributed by atoms with Crippen molar-refractivity contribution in [3.05, 3.63) is 66.0 Å². The quantitative estimate of drug-likeness (QED) is 0.805. The lowest BCUT2D eigenvalue weighted by Gasteiger charge is -2.23. The van der Waals surface area contributed by atoms with Gasteiger partial charge < -0.3 is 5.11 Å². The second-order valence-electron chi connectivity index (χ2n) is 5.95. The topological polar surface area (TPSA) is 53.7 Å². The fourth-order valence-corrected chi connectivity index (χ4v) is 3.28. The molecule has 1 aliphatic heterocycles. The van der Waals surface area contributed by atoms with Gasteiger partial charge in [-0.3, -0.25) is 9.30 Å². The Hall–Kier alpha value is -2.31. The molecule has 0 amide bonds. The Balaban J connectivity index is 1.61. The van der Waals surface area contributed by atoms with Crippen molar-refractivity contribution < 1.29 is 9.50 Å². The molecule has 2 aromatic heterocycles. The van der Waals surface area contributed by atoms with Gasteiger partial charge in [0.05, 0.1) is 11.8 Å². The fourth-order valence-electron chi connectivity index (χ4n) is 3.28. The largest absolute Gasteiger partial charge is 0.392 e. The van der Waals surface area contributed by atoms with E-state index in [4.69, 9.17) is 0 Å². The van der Waals surface area contributed by atoms with Gasteiger partial charge in [0.2, 0.25) is 5.78 Å². The molecule has 1 saturated heterocycles. The molecule has 1 N–H and O–H groups in total. The molecule has 0 bridgehead atoms. The molecule has 0 saturated carbocycles. The van der Waals surface area contributed by atoms with E-state index >= 15 is 0 Å². The van der Waals surface area contributed by atoms with Gasteiger partial charge in [-0.25, -0.2) is 14.4 Å². The molecule has 1 aromatic carbocycles. The van der Waals surface area contributed by atoms with E-state index in [9.17, 15) is 9.50 Å². The van der Waals surface area contributed by atoms with Crippen LogP contribution in [-0.2, 0) is 6.54 Å². The zero-order valence-corrected chi connectivity index (χ0v) is 12.5. The Morgan fingerprint density at radius 1 is 1.30 bits per heavy atom. The van der Waals surface area contributed by atoms with Crippen LogP contribution in [0.1, 0.15) is 23.7 Å². The summed E-state index contributed by atoms with van der Waals surface area (Å²) in [6, 6.07) is 8.45. The second kappa shape index (κ2) is 5.72. The lowest BCUT2D eigenvalue weighted by molar-refractivity contribution is 0.172. The van der Waals surface area contributed by atoms with Crippen molar-refractivity contribution in [3.63, 3.8) is 0 Å². The van der Waals surface area contributed by atoms with E-state index in [0.29, 0.717) is 25.3 Å². The number of imidazole rings is 1. The molecule has 3 aromatic rings. The summed E-state index contributed by atoms with van der Waals surface area (Å²) in [7, 11) is 0. The van der Waals surface area contributed by atoms with E-state index < -0.39 is 6.10 Å². The number of likely N-dealkylation sites (tertiary alicyclic amines) is 1. The first-order valence-electron chi connectivity index (χ1n) is 7.65. The molecule has 0 radical (unpaired) electrons. The number of aliphatic hydroxyl groups is 1. The van der Waals surface area contributed by atoms with Crippen molar-refractivity contribution in [2.75, 3.05) is 6.54 Å². The van der Waals surface area contributed by atoms with Crippen molar-refractivity contribution in [1.82, 2.24) is 19.3 Å². The van der Waals surface area contributed by atoms with E-state index in [1.54, 1.807) is 18.3 Å². The lowest BCUT2D eigenvalue weighted by Crippen LogP contribution is -2.24. The van der Waals surface area contributed by atoms with E-state index in [2.05, 4.69) is 14.9 Å². The summed E-state index contributed by atoms with van der Waals surface area (Å²) >= 11 is 0. The molecule has 0 unspecified atom stereocenters. The minimum absolute atomic E-state index is 0.00142. The molecule has 0 aliphatic carbocycles. The van der Waals surface area contributed by atoms with Crippen LogP contribution in [0.25, 0.3) is 5.78 Å². The van der Waals surface area contributed by atoms with Gasteiger partial charge in [-0.05, 0) is 30.2 Å². The average molecular weight is 312 g/mol. The summed E-state index contributed by atoms with van der Waals surface area (Å²) < 4.78 is 15.4. The first kappa shape index (κ1) is 14.3. The van der Waals surface area contributed by atoms with Crippen molar-refractivity contribution in [2.45, 2.75) is 25.1 Å². The number of rotatable bonds is 3. The summed E-state index contributed by atoms with van der Waals surface area (Å²) in [4.78, 5) is 10.9. The molecule has 1 fully saturated rings. The van der Waals surface area contributed by atoms with Gasteiger partial charge in [0.15, 0.2) is 0 Å². The predicted octanol–water partition coefficient (Wildman–Crippen LogP) is 2.18. The highest BCUT2D eigenvalue weighted by Crippen LogP contribution is 2.33. The molecule has 4 rings (SSSR count). The van der Waals surface area contributed by atoms with Gasteiger partial charge in [-0.15, -0.1) is 0 Å². The minimum Gasteiger partial charge on any atom is -0.392 e. The third-order valence-corrected chi connectivity index (χ3v) is 4.27. The molecular formula is C17H17FN4O. The number of hydrogen-bond acceptors (Lipinski definition) is 4. The van der Waals surface area contributed by atoms with Gasteiger partial charge in [0.25, 0.3) is 0 Å². The normalized spacial score (nSPS) is 22.0. The maximum Gasteiger partial charge on any atom is 0.233 e. The Morgan fingerprint density at radius 2 is 2.22 bits per heavy atom. The fraction of sp³-hybridized carbons (Fsp3) is 0.294. The zero-order valence-electron chi connectivity index (χ0n) is 12.5. The maximum atomic E-state index is 13.5.